The number of fused-ring (bicyclic) bond motifs is 1. The molecule has 2 amide bonds. The summed E-state index contributed by atoms with van der Waals surface area (Å²) in [6.07, 6.45) is 1.05. The second-order valence-electron chi connectivity index (χ2n) is 11.5. The lowest BCUT2D eigenvalue weighted by Gasteiger charge is -2.35. The molecule has 2 aromatic rings. The molecule has 2 aliphatic heterocycles. The number of aromatic nitrogens is 1. The van der Waals surface area contributed by atoms with Gasteiger partial charge in [0, 0.05) is 83.6 Å². The maximum atomic E-state index is 13.2. The number of nitrogens with one attached hydrogen (secondary N) is 1. The SMILES string of the molecule is COC1COCCC1NC(CCCN(C)C(=O)CCc1ccccc1)CCC(=O)N1CCc2ncc(C(F)(F)F)cc2C1. The van der Waals surface area contributed by atoms with Crippen LogP contribution in [-0.2, 0) is 44.6 Å². The largest absolute Gasteiger partial charge is 0.417 e. The first-order chi connectivity index (χ1) is 20.6. The highest BCUT2D eigenvalue weighted by molar-refractivity contribution is 5.76. The first-order valence-electron chi connectivity index (χ1n) is 15.1. The van der Waals surface area contributed by atoms with Crippen LogP contribution in [0.4, 0.5) is 13.2 Å². The van der Waals surface area contributed by atoms with Crippen LogP contribution in [-0.4, -0.2) is 85.2 Å². The van der Waals surface area contributed by atoms with Crippen molar-refractivity contribution in [3.63, 3.8) is 0 Å². The fraction of sp³-hybridized carbons (Fsp3) is 0.594. The molecule has 3 atom stereocenters. The summed E-state index contributed by atoms with van der Waals surface area (Å²) in [6.45, 7) is 2.30. The van der Waals surface area contributed by atoms with E-state index >= 15 is 0 Å². The van der Waals surface area contributed by atoms with Crippen molar-refractivity contribution >= 4 is 11.8 Å². The second-order valence-corrected chi connectivity index (χ2v) is 11.5. The Bertz CT molecular complexity index is 1200. The number of hydrogen-bond donors (Lipinski definition) is 1. The maximum Gasteiger partial charge on any atom is 0.417 e. The molecule has 4 rings (SSSR count). The summed E-state index contributed by atoms with van der Waals surface area (Å²) in [4.78, 5) is 33.3. The second kappa shape index (κ2) is 15.6. The van der Waals surface area contributed by atoms with E-state index in [9.17, 15) is 22.8 Å². The molecule has 1 aromatic carbocycles. The van der Waals surface area contributed by atoms with Crippen molar-refractivity contribution in [3.05, 3.63) is 65.0 Å². The Balaban J connectivity index is 1.31. The van der Waals surface area contributed by atoms with Crippen LogP contribution in [0.25, 0.3) is 0 Å². The van der Waals surface area contributed by atoms with E-state index in [2.05, 4.69) is 10.3 Å². The Morgan fingerprint density at radius 2 is 2.00 bits per heavy atom. The number of benzene rings is 1. The number of carbonyl (C=O) groups excluding carboxylic acids is 2. The number of aryl methyl sites for hydroxylation is 1. The first-order valence-corrected chi connectivity index (χ1v) is 15.1. The Morgan fingerprint density at radius 3 is 2.74 bits per heavy atom. The van der Waals surface area contributed by atoms with Crippen molar-refractivity contribution in [1.82, 2.24) is 20.1 Å². The van der Waals surface area contributed by atoms with Crippen LogP contribution in [0.15, 0.2) is 42.6 Å². The fourth-order valence-electron chi connectivity index (χ4n) is 5.78. The number of methoxy groups -OCH3 is 1. The minimum absolute atomic E-state index is 0.00750. The molecule has 0 aliphatic carbocycles. The molecule has 1 fully saturated rings. The van der Waals surface area contributed by atoms with Gasteiger partial charge in [-0.05, 0) is 49.3 Å². The van der Waals surface area contributed by atoms with Gasteiger partial charge in [-0.2, -0.15) is 13.2 Å². The van der Waals surface area contributed by atoms with Crippen molar-refractivity contribution < 1.29 is 32.2 Å². The van der Waals surface area contributed by atoms with Gasteiger partial charge in [-0.25, -0.2) is 0 Å². The molecule has 8 nitrogen and oxygen atoms in total. The van der Waals surface area contributed by atoms with E-state index in [-0.39, 0.29) is 43.0 Å². The number of pyridine rings is 1. The molecule has 236 valence electrons. The Labute approximate surface area is 251 Å². The van der Waals surface area contributed by atoms with Crippen molar-refractivity contribution in [1.29, 1.82) is 0 Å². The monoisotopic (exact) mass is 604 g/mol. The van der Waals surface area contributed by atoms with Crippen LogP contribution in [0.3, 0.4) is 0 Å². The summed E-state index contributed by atoms with van der Waals surface area (Å²) < 4.78 is 50.8. The number of carbonyl (C=O) groups is 2. The van der Waals surface area contributed by atoms with Crippen LogP contribution >= 0.6 is 0 Å². The van der Waals surface area contributed by atoms with Crippen LogP contribution in [0.5, 0.6) is 0 Å². The van der Waals surface area contributed by atoms with Gasteiger partial charge in [0.2, 0.25) is 11.8 Å². The van der Waals surface area contributed by atoms with Crippen molar-refractivity contribution in [2.45, 2.75) is 82.3 Å². The summed E-state index contributed by atoms with van der Waals surface area (Å²) in [5, 5.41) is 3.69. The molecular formula is C32H43F3N4O4. The number of alkyl halides is 3. The maximum absolute atomic E-state index is 13.2. The normalized spacial score (nSPS) is 19.5. The zero-order valence-electron chi connectivity index (χ0n) is 25.1. The Morgan fingerprint density at radius 1 is 1.21 bits per heavy atom. The van der Waals surface area contributed by atoms with E-state index in [1.165, 1.54) is 0 Å². The van der Waals surface area contributed by atoms with Gasteiger partial charge < -0.3 is 24.6 Å². The van der Waals surface area contributed by atoms with Crippen molar-refractivity contribution in [3.8, 4) is 0 Å². The van der Waals surface area contributed by atoms with Gasteiger partial charge in [-0.15, -0.1) is 0 Å². The number of halogens is 3. The number of hydrogen-bond acceptors (Lipinski definition) is 6. The average Bonchev–Trinajstić information content (AvgIpc) is 3.01. The summed E-state index contributed by atoms with van der Waals surface area (Å²) in [5.41, 5.74) is 1.41. The van der Waals surface area contributed by atoms with E-state index in [4.69, 9.17) is 9.47 Å². The smallest absolute Gasteiger partial charge is 0.379 e. The minimum Gasteiger partial charge on any atom is -0.379 e. The topological polar surface area (TPSA) is 84.0 Å². The van der Waals surface area contributed by atoms with Crippen molar-refractivity contribution in [2.24, 2.45) is 0 Å². The lowest BCUT2D eigenvalue weighted by atomic mass is 9.99. The molecule has 0 bridgehead atoms. The summed E-state index contributed by atoms with van der Waals surface area (Å²) in [6, 6.07) is 11.1. The third-order valence-corrected chi connectivity index (χ3v) is 8.43. The molecule has 11 heteroatoms. The van der Waals surface area contributed by atoms with Crippen LogP contribution in [0.2, 0.25) is 0 Å². The zero-order chi connectivity index (χ0) is 30.8. The standard InChI is InChI=1S/C32H43F3N4O4/c1-38(30(40)12-10-23-7-4-3-5-8-23)16-6-9-26(37-28-15-18-43-22-29(28)42-2)11-13-31(41)39-17-14-27-24(21-39)19-25(20-36-27)32(33,34)35/h3-5,7-8,19-20,26,28-29,37H,6,9-18,21-22H2,1-2H3. The van der Waals surface area contributed by atoms with Gasteiger partial charge in [0.1, 0.15) is 0 Å². The van der Waals surface area contributed by atoms with E-state index < -0.39 is 11.7 Å². The molecule has 1 saturated heterocycles. The van der Waals surface area contributed by atoms with Gasteiger partial charge in [-0.3, -0.25) is 14.6 Å². The predicted octanol–water partition coefficient (Wildman–Crippen LogP) is 4.40. The number of rotatable bonds is 13. The van der Waals surface area contributed by atoms with E-state index in [0.29, 0.717) is 63.2 Å². The zero-order valence-corrected chi connectivity index (χ0v) is 25.1. The van der Waals surface area contributed by atoms with Crippen LogP contribution in [0, 0.1) is 0 Å². The number of amides is 2. The minimum atomic E-state index is -4.47. The highest BCUT2D eigenvalue weighted by atomic mass is 19.4. The lowest BCUT2D eigenvalue weighted by Crippen LogP contribution is -2.51. The van der Waals surface area contributed by atoms with Gasteiger partial charge >= 0.3 is 6.18 Å². The summed E-state index contributed by atoms with van der Waals surface area (Å²) >= 11 is 0. The molecule has 43 heavy (non-hydrogen) atoms. The molecule has 2 aliphatic rings. The molecule has 0 radical (unpaired) electrons. The van der Waals surface area contributed by atoms with Gasteiger partial charge in [0.25, 0.3) is 0 Å². The predicted molar refractivity (Wildman–Crippen MR) is 156 cm³/mol. The van der Waals surface area contributed by atoms with Gasteiger partial charge in [0.05, 0.1) is 18.3 Å². The van der Waals surface area contributed by atoms with Crippen molar-refractivity contribution in [2.75, 3.05) is 40.5 Å². The first kappa shape index (κ1) is 32.9. The lowest BCUT2D eigenvalue weighted by molar-refractivity contribution is -0.138. The number of nitrogens with zero attached hydrogens (tertiary/aromatic N) is 3. The van der Waals surface area contributed by atoms with E-state index in [1.54, 1.807) is 16.9 Å². The quantitative estimate of drug-likeness (QED) is 0.365. The Kier molecular flexibility index (Phi) is 12.0. The molecule has 1 aromatic heterocycles. The molecular weight excluding hydrogens is 561 g/mol. The fourth-order valence-corrected chi connectivity index (χ4v) is 5.78. The van der Waals surface area contributed by atoms with Crippen LogP contribution < -0.4 is 5.32 Å². The molecule has 0 saturated carbocycles. The van der Waals surface area contributed by atoms with E-state index in [1.807, 2.05) is 37.4 Å². The van der Waals surface area contributed by atoms with Gasteiger partial charge in [0.15, 0.2) is 0 Å². The number of ether oxygens (including phenoxy) is 2. The summed E-state index contributed by atoms with van der Waals surface area (Å²) in [7, 11) is 3.49. The Hall–Kier alpha value is -3.02. The highest BCUT2D eigenvalue weighted by Gasteiger charge is 2.33. The molecule has 3 heterocycles. The molecule has 3 unspecified atom stereocenters. The molecule has 1 N–H and O–H groups in total. The van der Waals surface area contributed by atoms with Crippen LogP contribution in [0.1, 0.15) is 60.9 Å². The third kappa shape index (κ3) is 9.74. The molecule has 0 spiro atoms. The third-order valence-electron chi connectivity index (χ3n) is 8.43. The van der Waals surface area contributed by atoms with E-state index in [0.717, 1.165) is 37.1 Å². The average molecular weight is 605 g/mol. The summed E-state index contributed by atoms with van der Waals surface area (Å²) in [5.74, 6) is 0.0132. The van der Waals surface area contributed by atoms with Gasteiger partial charge in [-0.1, -0.05) is 30.3 Å². The highest BCUT2D eigenvalue weighted by Crippen LogP contribution is 2.31.